The highest BCUT2D eigenvalue weighted by atomic mass is 35.5. The Kier molecular flexibility index (Phi) is 7.18. The zero-order valence-corrected chi connectivity index (χ0v) is 19.2. The maximum atomic E-state index is 13.5. The molecule has 0 aromatic heterocycles. The normalized spacial score (nSPS) is 10.9. The number of rotatable bonds is 7. The van der Waals surface area contributed by atoms with Gasteiger partial charge in [-0.05, 0) is 61.4 Å². The van der Waals surface area contributed by atoms with Crippen LogP contribution in [0.1, 0.15) is 22.3 Å². The molecule has 1 N–H and O–H groups in total. The Labute approximate surface area is 193 Å². The summed E-state index contributed by atoms with van der Waals surface area (Å²) < 4.78 is 28.0. The van der Waals surface area contributed by atoms with Crippen LogP contribution in [0.25, 0.3) is 0 Å². The van der Waals surface area contributed by atoms with E-state index < -0.39 is 22.5 Å². The third-order valence-corrected chi connectivity index (χ3v) is 7.12. The van der Waals surface area contributed by atoms with Crippen molar-refractivity contribution in [2.45, 2.75) is 25.3 Å². The van der Waals surface area contributed by atoms with E-state index in [0.29, 0.717) is 21.8 Å². The van der Waals surface area contributed by atoms with Crippen LogP contribution in [0.15, 0.2) is 71.6 Å². The Bertz CT molecular complexity index is 1280. The van der Waals surface area contributed by atoms with Crippen LogP contribution < -0.4 is 9.62 Å². The average Bonchev–Trinajstić information content (AvgIpc) is 2.78. The van der Waals surface area contributed by atoms with Crippen LogP contribution in [-0.2, 0) is 21.4 Å². The quantitative estimate of drug-likeness (QED) is 0.559. The first-order valence-electron chi connectivity index (χ1n) is 9.82. The minimum atomic E-state index is -4.10. The molecule has 0 spiro atoms. The van der Waals surface area contributed by atoms with Crippen molar-refractivity contribution >= 4 is 33.2 Å². The standard InChI is InChI=1S/C24H22ClN3O3S/c1-17-5-3-6-20(13-17)15-27-24(29)16-28(23-8-4-7-22(25)18(23)2)32(30,31)21-11-9-19(14-26)10-12-21/h3-13H,15-16H2,1-2H3,(H,27,29). The molecule has 0 atom stereocenters. The topological polar surface area (TPSA) is 90.3 Å². The van der Waals surface area contributed by atoms with Crippen molar-refractivity contribution in [1.82, 2.24) is 5.32 Å². The van der Waals surface area contributed by atoms with Crippen LogP contribution in [0.2, 0.25) is 5.02 Å². The largest absolute Gasteiger partial charge is 0.350 e. The van der Waals surface area contributed by atoms with Crippen LogP contribution in [-0.4, -0.2) is 20.9 Å². The van der Waals surface area contributed by atoms with Gasteiger partial charge in [-0.2, -0.15) is 5.26 Å². The van der Waals surface area contributed by atoms with E-state index in [9.17, 15) is 13.2 Å². The molecule has 0 saturated carbocycles. The van der Waals surface area contributed by atoms with Crippen molar-refractivity contribution in [2.24, 2.45) is 0 Å². The molecule has 0 heterocycles. The summed E-state index contributed by atoms with van der Waals surface area (Å²) in [6.07, 6.45) is 0. The van der Waals surface area contributed by atoms with Crippen LogP contribution in [0.5, 0.6) is 0 Å². The smallest absolute Gasteiger partial charge is 0.264 e. The molecule has 8 heteroatoms. The van der Waals surface area contributed by atoms with E-state index in [1.165, 1.54) is 24.3 Å². The lowest BCUT2D eigenvalue weighted by Crippen LogP contribution is -2.41. The molecule has 0 bridgehead atoms. The van der Waals surface area contributed by atoms with E-state index in [2.05, 4.69) is 5.32 Å². The number of carbonyl (C=O) groups is 1. The molecule has 0 aliphatic heterocycles. The molecular formula is C24H22ClN3O3S. The number of hydrogen-bond donors (Lipinski definition) is 1. The van der Waals surface area contributed by atoms with E-state index in [1.54, 1.807) is 25.1 Å². The van der Waals surface area contributed by atoms with Crippen LogP contribution in [0, 0.1) is 25.2 Å². The first-order chi connectivity index (χ1) is 15.2. The number of hydrogen-bond acceptors (Lipinski definition) is 4. The van der Waals surface area contributed by atoms with Gasteiger partial charge in [0.2, 0.25) is 5.91 Å². The minimum Gasteiger partial charge on any atom is -0.350 e. The zero-order valence-electron chi connectivity index (χ0n) is 17.7. The van der Waals surface area contributed by atoms with Gasteiger partial charge in [-0.15, -0.1) is 0 Å². The molecule has 32 heavy (non-hydrogen) atoms. The number of nitriles is 1. The van der Waals surface area contributed by atoms with Gasteiger partial charge in [0.25, 0.3) is 10.0 Å². The van der Waals surface area contributed by atoms with Gasteiger partial charge >= 0.3 is 0 Å². The molecule has 0 aliphatic rings. The SMILES string of the molecule is Cc1cccc(CNC(=O)CN(c2cccc(Cl)c2C)S(=O)(=O)c2ccc(C#N)cc2)c1. The molecular weight excluding hydrogens is 446 g/mol. The molecule has 0 aliphatic carbocycles. The van der Waals surface area contributed by atoms with Gasteiger partial charge in [0.15, 0.2) is 0 Å². The van der Waals surface area contributed by atoms with Crippen molar-refractivity contribution < 1.29 is 13.2 Å². The fourth-order valence-corrected chi connectivity index (χ4v) is 4.85. The summed E-state index contributed by atoms with van der Waals surface area (Å²) in [6, 6.07) is 20.1. The Morgan fingerprint density at radius 3 is 2.41 bits per heavy atom. The number of sulfonamides is 1. The highest BCUT2D eigenvalue weighted by Crippen LogP contribution is 2.30. The van der Waals surface area contributed by atoms with Crippen molar-refractivity contribution in [1.29, 1.82) is 5.26 Å². The number of benzene rings is 3. The average molecular weight is 468 g/mol. The fraction of sp³-hybridized carbons (Fsp3) is 0.167. The summed E-state index contributed by atoms with van der Waals surface area (Å²) in [5.41, 5.74) is 3.17. The van der Waals surface area contributed by atoms with E-state index in [4.69, 9.17) is 16.9 Å². The van der Waals surface area contributed by atoms with Gasteiger partial charge in [-0.3, -0.25) is 9.10 Å². The number of amides is 1. The summed E-state index contributed by atoms with van der Waals surface area (Å²) in [5, 5.41) is 12.2. The second kappa shape index (κ2) is 9.86. The lowest BCUT2D eigenvalue weighted by Gasteiger charge is -2.26. The molecule has 3 aromatic rings. The molecule has 6 nitrogen and oxygen atoms in total. The number of anilines is 1. The van der Waals surface area contributed by atoms with Gasteiger partial charge in [-0.1, -0.05) is 47.5 Å². The molecule has 3 aromatic carbocycles. The van der Waals surface area contributed by atoms with Crippen molar-refractivity contribution in [2.75, 3.05) is 10.8 Å². The molecule has 164 valence electrons. The molecule has 0 fully saturated rings. The Morgan fingerprint density at radius 1 is 1.06 bits per heavy atom. The monoisotopic (exact) mass is 467 g/mol. The van der Waals surface area contributed by atoms with Crippen molar-refractivity contribution in [3.63, 3.8) is 0 Å². The second-order valence-electron chi connectivity index (χ2n) is 7.30. The highest BCUT2D eigenvalue weighted by molar-refractivity contribution is 7.92. The Morgan fingerprint density at radius 2 is 1.75 bits per heavy atom. The first-order valence-corrected chi connectivity index (χ1v) is 11.6. The van der Waals surface area contributed by atoms with Gasteiger partial charge in [-0.25, -0.2) is 8.42 Å². The van der Waals surface area contributed by atoms with Gasteiger partial charge in [0.05, 0.1) is 22.2 Å². The minimum absolute atomic E-state index is 0.0256. The highest BCUT2D eigenvalue weighted by Gasteiger charge is 2.28. The number of carbonyl (C=O) groups excluding carboxylic acids is 1. The third-order valence-electron chi connectivity index (χ3n) is 4.94. The summed E-state index contributed by atoms with van der Waals surface area (Å²) in [5.74, 6) is -0.455. The molecule has 0 saturated heterocycles. The van der Waals surface area contributed by atoms with Crippen molar-refractivity contribution in [3.8, 4) is 6.07 Å². The maximum absolute atomic E-state index is 13.5. The van der Waals surface area contributed by atoms with E-state index in [-0.39, 0.29) is 11.4 Å². The van der Waals surface area contributed by atoms with E-state index in [0.717, 1.165) is 15.4 Å². The number of halogens is 1. The predicted octanol–water partition coefficient (Wildman–Crippen LogP) is 4.34. The van der Waals surface area contributed by atoms with Crippen LogP contribution in [0.3, 0.4) is 0 Å². The summed E-state index contributed by atoms with van der Waals surface area (Å²) >= 11 is 6.23. The van der Waals surface area contributed by atoms with Crippen molar-refractivity contribution in [3.05, 3.63) is 94.0 Å². The Balaban J connectivity index is 1.92. The lowest BCUT2D eigenvalue weighted by atomic mass is 10.1. The van der Waals surface area contributed by atoms with Crippen LogP contribution >= 0.6 is 11.6 Å². The summed E-state index contributed by atoms with van der Waals surface area (Å²) in [7, 11) is -4.10. The molecule has 0 unspecified atom stereocenters. The third kappa shape index (κ3) is 5.28. The van der Waals surface area contributed by atoms with Gasteiger partial charge in [0, 0.05) is 11.6 Å². The predicted molar refractivity (Wildman–Crippen MR) is 125 cm³/mol. The molecule has 0 radical (unpaired) electrons. The number of nitrogens with zero attached hydrogens (tertiary/aromatic N) is 2. The molecule has 1 amide bonds. The summed E-state index contributed by atoms with van der Waals surface area (Å²) in [6.45, 7) is 3.51. The summed E-state index contributed by atoms with van der Waals surface area (Å²) in [4.78, 5) is 12.7. The first kappa shape index (κ1) is 23.3. The zero-order chi connectivity index (χ0) is 23.3. The van der Waals surface area contributed by atoms with E-state index >= 15 is 0 Å². The van der Waals surface area contributed by atoms with Gasteiger partial charge < -0.3 is 5.32 Å². The van der Waals surface area contributed by atoms with Gasteiger partial charge in [0.1, 0.15) is 6.54 Å². The van der Waals surface area contributed by atoms with Crippen LogP contribution in [0.4, 0.5) is 5.69 Å². The number of nitrogens with one attached hydrogen (secondary N) is 1. The number of aryl methyl sites for hydroxylation is 1. The Hall–Kier alpha value is -3.34. The maximum Gasteiger partial charge on any atom is 0.264 e. The fourth-order valence-electron chi connectivity index (χ4n) is 3.20. The van der Waals surface area contributed by atoms with E-state index in [1.807, 2.05) is 37.3 Å². The lowest BCUT2D eigenvalue weighted by molar-refractivity contribution is -0.119. The molecule has 3 rings (SSSR count). The second-order valence-corrected chi connectivity index (χ2v) is 9.57.